The summed E-state index contributed by atoms with van der Waals surface area (Å²) in [5.74, 6) is 0. The molecule has 0 unspecified atom stereocenters. The molecule has 1 saturated heterocycles. The first kappa shape index (κ1) is 15.7. The average Bonchev–Trinajstić information content (AvgIpc) is 2.54. The molecule has 0 bridgehead atoms. The van der Waals surface area contributed by atoms with Crippen LogP contribution in [0.1, 0.15) is 17.3 Å². The second-order valence-corrected chi connectivity index (χ2v) is 4.79. The number of piperazine rings is 1. The molecule has 118 valence electrons. The molecule has 1 heterocycles. The van der Waals surface area contributed by atoms with Crippen LogP contribution in [0.2, 0.25) is 0 Å². The minimum Gasteiger partial charge on any atom is -0.450 e. The zero-order valence-corrected chi connectivity index (χ0v) is 12.2. The fourth-order valence-electron chi connectivity index (χ4n) is 2.38. The maximum atomic E-state index is 11.6. The zero-order chi connectivity index (χ0) is 16.1. The summed E-state index contributed by atoms with van der Waals surface area (Å²) in [4.78, 5) is 36.6. The number of nitro groups is 1. The second-order valence-electron chi connectivity index (χ2n) is 4.79. The van der Waals surface area contributed by atoms with Gasteiger partial charge < -0.3 is 14.5 Å². The first-order valence-corrected chi connectivity index (χ1v) is 6.97. The smallest absolute Gasteiger partial charge is 0.409 e. The van der Waals surface area contributed by atoms with E-state index in [2.05, 4.69) is 0 Å². The molecule has 1 fully saturated rings. The highest BCUT2D eigenvalue weighted by Gasteiger charge is 2.24. The Morgan fingerprint density at radius 2 is 2.05 bits per heavy atom. The Labute approximate surface area is 127 Å². The Morgan fingerprint density at radius 1 is 1.36 bits per heavy atom. The molecule has 0 aromatic heterocycles. The number of carbonyl (C=O) groups excluding carboxylic acids is 2. The number of rotatable bonds is 4. The minimum absolute atomic E-state index is 0.115. The summed E-state index contributed by atoms with van der Waals surface area (Å²) in [5.41, 5.74) is 0.805. The maximum Gasteiger partial charge on any atom is 0.409 e. The molecule has 22 heavy (non-hydrogen) atoms. The lowest BCUT2D eigenvalue weighted by atomic mass is 10.1. The van der Waals surface area contributed by atoms with E-state index in [1.165, 1.54) is 12.1 Å². The first-order valence-electron chi connectivity index (χ1n) is 6.97. The number of non-ortho nitro benzene ring substituents is 1. The van der Waals surface area contributed by atoms with E-state index in [4.69, 9.17) is 4.74 Å². The monoisotopic (exact) mass is 307 g/mol. The van der Waals surface area contributed by atoms with E-state index >= 15 is 0 Å². The van der Waals surface area contributed by atoms with Crippen LogP contribution in [-0.4, -0.2) is 55.0 Å². The molecule has 0 spiro atoms. The van der Waals surface area contributed by atoms with Crippen LogP contribution in [0, 0.1) is 10.1 Å². The molecule has 0 atom stereocenters. The third-order valence-electron chi connectivity index (χ3n) is 3.50. The van der Waals surface area contributed by atoms with Gasteiger partial charge in [-0.2, -0.15) is 0 Å². The van der Waals surface area contributed by atoms with Crippen molar-refractivity contribution in [2.45, 2.75) is 6.92 Å². The molecule has 2 rings (SSSR count). The number of benzene rings is 1. The van der Waals surface area contributed by atoms with Crippen LogP contribution >= 0.6 is 0 Å². The van der Waals surface area contributed by atoms with Crippen LogP contribution in [0.5, 0.6) is 0 Å². The molecular weight excluding hydrogens is 290 g/mol. The summed E-state index contributed by atoms with van der Waals surface area (Å²) in [5, 5.41) is 10.8. The van der Waals surface area contributed by atoms with Crippen molar-refractivity contribution in [1.29, 1.82) is 0 Å². The van der Waals surface area contributed by atoms with Gasteiger partial charge in [0.1, 0.15) is 0 Å². The number of nitrogens with zero attached hydrogens (tertiary/aromatic N) is 3. The van der Waals surface area contributed by atoms with Gasteiger partial charge in [-0.25, -0.2) is 4.79 Å². The minimum atomic E-state index is -0.532. The van der Waals surface area contributed by atoms with Gasteiger partial charge in [-0.1, -0.05) is 0 Å². The van der Waals surface area contributed by atoms with Gasteiger partial charge in [-0.05, 0) is 13.0 Å². The van der Waals surface area contributed by atoms with Crippen LogP contribution in [-0.2, 0) is 4.74 Å². The van der Waals surface area contributed by atoms with E-state index in [1.54, 1.807) is 17.9 Å². The van der Waals surface area contributed by atoms with Crippen molar-refractivity contribution in [1.82, 2.24) is 4.90 Å². The fraction of sp³-hybridized carbons (Fsp3) is 0.429. The predicted molar refractivity (Wildman–Crippen MR) is 79.3 cm³/mol. The van der Waals surface area contributed by atoms with E-state index in [0.717, 1.165) is 0 Å². The summed E-state index contributed by atoms with van der Waals surface area (Å²) < 4.78 is 4.95. The van der Waals surface area contributed by atoms with Crippen LogP contribution < -0.4 is 4.90 Å². The Balaban J connectivity index is 2.09. The summed E-state index contributed by atoms with van der Waals surface area (Å²) in [6.45, 7) is 4.12. The standard InChI is InChI=1S/C14H17N3O5/c1-2-22-14(19)16-7-5-15(6-8-16)13-4-3-12(17(20)21)9-11(13)10-18/h3-4,9-10H,2,5-8H2,1H3. The SMILES string of the molecule is CCOC(=O)N1CCN(c2ccc([N+](=O)[O-])cc2C=O)CC1. The highest BCUT2D eigenvalue weighted by Crippen LogP contribution is 2.25. The normalized spacial score (nSPS) is 14.6. The molecule has 1 aliphatic rings. The molecule has 1 aromatic carbocycles. The topological polar surface area (TPSA) is 93.0 Å². The molecule has 0 aliphatic carbocycles. The maximum absolute atomic E-state index is 11.6. The molecule has 8 heteroatoms. The van der Waals surface area contributed by atoms with Gasteiger partial charge in [-0.15, -0.1) is 0 Å². The number of amides is 1. The van der Waals surface area contributed by atoms with Crippen molar-refractivity contribution in [3.63, 3.8) is 0 Å². The molecule has 0 saturated carbocycles. The Morgan fingerprint density at radius 3 is 2.59 bits per heavy atom. The molecular formula is C14H17N3O5. The highest BCUT2D eigenvalue weighted by molar-refractivity contribution is 5.86. The van der Waals surface area contributed by atoms with E-state index in [1.807, 2.05) is 4.90 Å². The number of anilines is 1. The lowest BCUT2D eigenvalue weighted by molar-refractivity contribution is -0.384. The Kier molecular flexibility index (Phi) is 4.92. The largest absolute Gasteiger partial charge is 0.450 e. The quantitative estimate of drug-likeness (QED) is 0.477. The van der Waals surface area contributed by atoms with E-state index in [9.17, 15) is 19.7 Å². The van der Waals surface area contributed by atoms with Gasteiger partial charge in [0, 0.05) is 49.6 Å². The molecule has 8 nitrogen and oxygen atoms in total. The van der Waals surface area contributed by atoms with Crippen LogP contribution in [0.15, 0.2) is 18.2 Å². The van der Waals surface area contributed by atoms with E-state index in [0.29, 0.717) is 44.8 Å². The summed E-state index contributed by atoms with van der Waals surface area (Å²) >= 11 is 0. The van der Waals surface area contributed by atoms with Gasteiger partial charge >= 0.3 is 6.09 Å². The predicted octanol–water partition coefficient (Wildman–Crippen LogP) is 1.69. The molecule has 0 radical (unpaired) electrons. The van der Waals surface area contributed by atoms with E-state index < -0.39 is 4.92 Å². The van der Waals surface area contributed by atoms with Crippen molar-refractivity contribution in [3.8, 4) is 0 Å². The molecule has 1 amide bonds. The van der Waals surface area contributed by atoms with Gasteiger partial charge in [0.2, 0.25) is 0 Å². The number of nitro benzene ring substituents is 1. The number of hydrogen-bond acceptors (Lipinski definition) is 6. The van der Waals surface area contributed by atoms with Gasteiger partial charge in [0.05, 0.1) is 11.5 Å². The lowest BCUT2D eigenvalue weighted by Gasteiger charge is -2.35. The van der Waals surface area contributed by atoms with Gasteiger partial charge in [0.25, 0.3) is 5.69 Å². The van der Waals surface area contributed by atoms with Crippen molar-refractivity contribution in [2.75, 3.05) is 37.7 Å². The number of hydrogen-bond donors (Lipinski definition) is 0. The lowest BCUT2D eigenvalue weighted by Crippen LogP contribution is -2.49. The van der Waals surface area contributed by atoms with Crippen LogP contribution in [0.4, 0.5) is 16.2 Å². The number of ether oxygens (including phenoxy) is 1. The number of carbonyl (C=O) groups is 2. The molecule has 0 N–H and O–H groups in total. The third kappa shape index (κ3) is 3.33. The fourth-order valence-corrected chi connectivity index (χ4v) is 2.38. The van der Waals surface area contributed by atoms with Crippen molar-refractivity contribution in [3.05, 3.63) is 33.9 Å². The second kappa shape index (κ2) is 6.88. The Bertz CT molecular complexity index is 582. The summed E-state index contributed by atoms with van der Waals surface area (Å²) in [6, 6.07) is 4.21. The first-order chi connectivity index (χ1) is 10.6. The number of aldehydes is 1. The average molecular weight is 307 g/mol. The van der Waals surface area contributed by atoms with Crippen LogP contribution in [0.3, 0.4) is 0 Å². The third-order valence-corrected chi connectivity index (χ3v) is 3.50. The van der Waals surface area contributed by atoms with Crippen molar-refractivity contribution in [2.24, 2.45) is 0 Å². The van der Waals surface area contributed by atoms with Gasteiger partial charge in [-0.3, -0.25) is 14.9 Å². The molecule has 1 aliphatic heterocycles. The molecule has 1 aromatic rings. The van der Waals surface area contributed by atoms with E-state index in [-0.39, 0.29) is 17.3 Å². The van der Waals surface area contributed by atoms with Gasteiger partial charge in [0.15, 0.2) is 6.29 Å². The highest BCUT2D eigenvalue weighted by atomic mass is 16.6. The summed E-state index contributed by atoms with van der Waals surface area (Å²) in [6.07, 6.45) is 0.265. The Hall–Kier alpha value is -2.64. The van der Waals surface area contributed by atoms with Crippen molar-refractivity contribution >= 4 is 23.8 Å². The summed E-state index contributed by atoms with van der Waals surface area (Å²) in [7, 11) is 0. The van der Waals surface area contributed by atoms with Crippen LogP contribution in [0.25, 0.3) is 0 Å². The zero-order valence-electron chi connectivity index (χ0n) is 12.2. The van der Waals surface area contributed by atoms with Crippen molar-refractivity contribution < 1.29 is 19.2 Å².